The summed E-state index contributed by atoms with van der Waals surface area (Å²) in [5, 5.41) is 2.92. The van der Waals surface area contributed by atoms with E-state index in [4.69, 9.17) is 16.3 Å². The molecule has 1 atom stereocenters. The van der Waals surface area contributed by atoms with Gasteiger partial charge in [-0.1, -0.05) is 25.4 Å². The van der Waals surface area contributed by atoms with Crippen molar-refractivity contribution in [3.05, 3.63) is 28.8 Å². The number of nitrogens with one attached hydrogen (secondary N) is 1. The normalized spacial score (nSPS) is 17.8. The second-order valence-corrected chi connectivity index (χ2v) is 8.23. The number of rotatable bonds is 8. The van der Waals surface area contributed by atoms with E-state index in [1.807, 2.05) is 0 Å². The van der Waals surface area contributed by atoms with Gasteiger partial charge in [-0.15, -0.1) is 0 Å². The predicted octanol–water partition coefficient (Wildman–Crippen LogP) is 2.67. The maximum atomic E-state index is 12.7. The van der Waals surface area contributed by atoms with Crippen LogP contribution in [-0.2, 0) is 14.8 Å². The fourth-order valence-corrected chi connectivity index (χ4v) is 4.82. The number of benzene rings is 1. The van der Waals surface area contributed by atoms with Gasteiger partial charge in [0.2, 0.25) is 10.0 Å². The van der Waals surface area contributed by atoms with Crippen molar-refractivity contribution in [1.29, 1.82) is 0 Å². The topological polar surface area (TPSA) is 75.7 Å². The lowest BCUT2D eigenvalue weighted by molar-refractivity contribution is 0.0907. The molecule has 1 fully saturated rings. The van der Waals surface area contributed by atoms with Crippen molar-refractivity contribution in [3.8, 4) is 0 Å². The fraction of sp³-hybridized carbons (Fsp3) is 0.588. The number of sulfonamides is 1. The highest BCUT2D eigenvalue weighted by molar-refractivity contribution is 7.89. The molecule has 6 nitrogen and oxygen atoms in total. The Balaban J connectivity index is 2.10. The molecule has 140 valence electrons. The molecule has 1 aromatic carbocycles. The third-order valence-corrected chi connectivity index (χ3v) is 6.82. The van der Waals surface area contributed by atoms with Crippen LogP contribution < -0.4 is 5.32 Å². The van der Waals surface area contributed by atoms with Crippen molar-refractivity contribution < 1.29 is 17.9 Å². The van der Waals surface area contributed by atoms with Gasteiger partial charge in [-0.2, -0.15) is 4.31 Å². The minimum Gasteiger partial charge on any atom is -0.378 e. The number of carbonyl (C=O) groups excluding carboxylic acids is 1. The average Bonchev–Trinajstić information content (AvgIpc) is 3.09. The summed E-state index contributed by atoms with van der Waals surface area (Å²) in [6, 6.07) is 4.33. The number of ether oxygens (including phenoxy) is 1. The number of amides is 1. The molecule has 0 aromatic heterocycles. The van der Waals surface area contributed by atoms with E-state index in [1.165, 1.54) is 22.5 Å². The molecular formula is C17H25ClN2O4S. The van der Waals surface area contributed by atoms with E-state index in [9.17, 15) is 13.2 Å². The van der Waals surface area contributed by atoms with Gasteiger partial charge in [0.05, 0.1) is 11.1 Å². The zero-order chi connectivity index (χ0) is 18.4. The molecule has 1 heterocycles. The summed E-state index contributed by atoms with van der Waals surface area (Å²) in [6.07, 6.45) is 3.03. The Morgan fingerprint density at radius 1 is 1.36 bits per heavy atom. The van der Waals surface area contributed by atoms with Crippen LogP contribution in [0.5, 0.6) is 0 Å². The molecule has 0 aliphatic carbocycles. The van der Waals surface area contributed by atoms with Gasteiger partial charge in [-0.05, 0) is 37.5 Å². The van der Waals surface area contributed by atoms with Crippen molar-refractivity contribution in [2.75, 3.05) is 26.2 Å². The Bertz CT molecular complexity index is 699. The zero-order valence-corrected chi connectivity index (χ0v) is 16.2. The first-order valence-electron chi connectivity index (χ1n) is 8.59. The van der Waals surface area contributed by atoms with E-state index >= 15 is 0 Å². The zero-order valence-electron chi connectivity index (χ0n) is 14.6. The number of hydrogen-bond acceptors (Lipinski definition) is 4. The number of hydrogen-bond donors (Lipinski definition) is 1. The van der Waals surface area contributed by atoms with Crippen LogP contribution in [0, 0.1) is 0 Å². The van der Waals surface area contributed by atoms with E-state index in [0.29, 0.717) is 19.6 Å². The maximum absolute atomic E-state index is 12.7. The molecule has 1 aliphatic rings. The van der Waals surface area contributed by atoms with Gasteiger partial charge < -0.3 is 10.1 Å². The minimum atomic E-state index is -3.72. The van der Waals surface area contributed by atoms with Crippen molar-refractivity contribution in [1.82, 2.24) is 9.62 Å². The molecule has 8 heteroatoms. The summed E-state index contributed by atoms with van der Waals surface area (Å²) >= 11 is 6.08. The number of carbonyl (C=O) groups is 1. The van der Waals surface area contributed by atoms with E-state index in [-0.39, 0.29) is 27.5 Å². The van der Waals surface area contributed by atoms with Crippen LogP contribution >= 0.6 is 11.6 Å². The summed E-state index contributed by atoms with van der Waals surface area (Å²) < 4.78 is 32.2. The molecule has 25 heavy (non-hydrogen) atoms. The van der Waals surface area contributed by atoms with Gasteiger partial charge in [-0.3, -0.25) is 4.79 Å². The third kappa shape index (κ3) is 4.94. The third-order valence-electron chi connectivity index (χ3n) is 4.29. The van der Waals surface area contributed by atoms with Gasteiger partial charge in [-0.25, -0.2) is 8.42 Å². The van der Waals surface area contributed by atoms with Crippen molar-refractivity contribution >= 4 is 27.5 Å². The molecule has 1 N–H and O–H groups in total. The van der Waals surface area contributed by atoms with Crippen LogP contribution in [0.3, 0.4) is 0 Å². The van der Waals surface area contributed by atoms with Gasteiger partial charge in [0.15, 0.2) is 0 Å². The first-order valence-corrected chi connectivity index (χ1v) is 10.4. The lowest BCUT2D eigenvalue weighted by Crippen LogP contribution is -2.31. The van der Waals surface area contributed by atoms with Gasteiger partial charge >= 0.3 is 0 Å². The maximum Gasteiger partial charge on any atom is 0.251 e. The van der Waals surface area contributed by atoms with Crippen LogP contribution in [0.25, 0.3) is 0 Å². The van der Waals surface area contributed by atoms with Gasteiger partial charge in [0, 0.05) is 31.8 Å². The molecule has 1 aromatic rings. The molecule has 1 unspecified atom stereocenters. The molecule has 0 radical (unpaired) electrons. The second kappa shape index (κ2) is 8.98. The van der Waals surface area contributed by atoms with Gasteiger partial charge in [0.25, 0.3) is 5.91 Å². The first-order chi connectivity index (χ1) is 11.9. The van der Waals surface area contributed by atoms with E-state index in [2.05, 4.69) is 5.32 Å². The summed E-state index contributed by atoms with van der Waals surface area (Å²) in [6.45, 7) is 5.47. The summed E-state index contributed by atoms with van der Waals surface area (Å²) in [7, 11) is -3.72. The Morgan fingerprint density at radius 3 is 2.68 bits per heavy atom. The minimum absolute atomic E-state index is 0.0374. The van der Waals surface area contributed by atoms with Crippen molar-refractivity contribution in [2.45, 2.75) is 44.1 Å². The molecule has 1 aliphatic heterocycles. The molecule has 0 saturated carbocycles. The van der Waals surface area contributed by atoms with Crippen LogP contribution in [0.2, 0.25) is 5.02 Å². The SMILES string of the molecule is CCN(CC)S(=O)(=O)c1cc(C(=O)NCCC2CCCO2)ccc1Cl. The quantitative estimate of drug-likeness (QED) is 0.742. The lowest BCUT2D eigenvalue weighted by atomic mass is 10.1. The highest BCUT2D eigenvalue weighted by atomic mass is 35.5. The standard InChI is InChI=1S/C17H25ClN2O4S/c1-3-20(4-2)25(22,23)16-12-13(7-8-15(16)18)17(21)19-10-9-14-6-5-11-24-14/h7-8,12,14H,3-6,9-11H2,1-2H3,(H,19,21). The first kappa shape index (κ1) is 20.2. The highest BCUT2D eigenvalue weighted by Gasteiger charge is 2.25. The number of nitrogens with zero attached hydrogens (tertiary/aromatic N) is 1. The largest absolute Gasteiger partial charge is 0.378 e. The second-order valence-electron chi connectivity index (χ2n) is 5.91. The molecule has 1 saturated heterocycles. The van der Waals surface area contributed by atoms with Crippen molar-refractivity contribution in [3.63, 3.8) is 0 Å². The van der Waals surface area contributed by atoms with Crippen LogP contribution in [0.1, 0.15) is 43.5 Å². The predicted molar refractivity (Wildman–Crippen MR) is 97.5 cm³/mol. The Morgan fingerprint density at radius 2 is 2.08 bits per heavy atom. The van der Waals surface area contributed by atoms with Crippen LogP contribution in [0.4, 0.5) is 0 Å². The summed E-state index contributed by atoms with van der Waals surface area (Å²) in [4.78, 5) is 12.3. The van der Waals surface area contributed by atoms with E-state index in [1.54, 1.807) is 13.8 Å². The van der Waals surface area contributed by atoms with E-state index < -0.39 is 10.0 Å². The molecule has 0 bridgehead atoms. The molecule has 2 rings (SSSR count). The lowest BCUT2D eigenvalue weighted by Gasteiger charge is -2.19. The fourth-order valence-electron chi connectivity index (χ4n) is 2.87. The Labute approximate surface area is 154 Å². The Kier molecular flexibility index (Phi) is 7.25. The van der Waals surface area contributed by atoms with Crippen LogP contribution in [-0.4, -0.2) is 51.0 Å². The molecular weight excluding hydrogens is 364 g/mol. The summed E-state index contributed by atoms with van der Waals surface area (Å²) in [5.74, 6) is -0.314. The van der Waals surface area contributed by atoms with E-state index in [0.717, 1.165) is 25.9 Å². The molecule has 0 spiro atoms. The highest BCUT2D eigenvalue weighted by Crippen LogP contribution is 2.26. The smallest absolute Gasteiger partial charge is 0.251 e. The Hall–Kier alpha value is -1.15. The molecule has 1 amide bonds. The monoisotopic (exact) mass is 388 g/mol. The van der Waals surface area contributed by atoms with Crippen LogP contribution in [0.15, 0.2) is 23.1 Å². The number of halogens is 1. The summed E-state index contributed by atoms with van der Waals surface area (Å²) in [5.41, 5.74) is 0.280. The van der Waals surface area contributed by atoms with Gasteiger partial charge in [0.1, 0.15) is 4.90 Å². The van der Waals surface area contributed by atoms with Crippen molar-refractivity contribution in [2.24, 2.45) is 0 Å². The average molecular weight is 389 g/mol.